The van der Waals surface area contributed by atoms with Crippen LogP contribution in [0.5, 0.6) is 0 Å². The van der Waals surface area contributed by atoms with E-state index in [4.69, 9.17) is 9.66 Å². The van der Waals surface area contributed by atoms with E-state index >= 15 is 0 Å². The maximum Gasteiger partial charge on any atom is 0.337 e. The third-order valence-corrected chi connectivity index (χ3v) is 3.08. The molecule has 0 bridgehead atoms. The second-order valence-electron chi connectivity index (χ2n) is 3.33. The number of fused-ring (bicyclic) bond motifs is 1. The molecule has 0 unspecified atom stereocenters. The first kappa shape index (κ1) is 11.5. The zero-order valence-corrected chi connectivity index (χ0v) is 9.18. The van der Waals surface area contributed by atoms with Gasteiger partial charge >= 0.3 is 5.97 Å². The zero-order valence-electron chi connectivity index (χ0n) is 8.36. The number of rotatable bonds is 2. The van der Waals surface area contributed by atoms with E-state index in [0.29, 0.717) is 5.39 Å². The van der Waals surface area contributed by atoms with E-state index in [2.05, 4.69) is 4.98 Å². The Morgan fingerprint density at radius 1 is 1.29 bits per heavy atom. The van der Waals surface area contributed by atoms with E-state index in [-0.39, 0.29) is 16.0 Å². The molecule has 0 atom stereocenters. The van der Waals surface area contributed by atoms with Crippen LogP contribution in [0, 0.1) is 0 Å². The molecule has 0 amide bonds. The van der Waals surface area contributed by atoms with Crippen molar-refractivity contribution in [2.24, 2.45) is 0 Å². The van der Waals surface area contributed by atoms with Crippen molar-refractivity contribution in [3.8, 4) is 0 Å². The number of hydrogen-bond acceptors (Lipinski definition) is 4. The Hall–Kier alpha value is -1.99. The number of carboxylic acids is 1. The number of para-hydroxylation sites is 1. The summed E-state index contributed by atoms with van der Waals surface area (Å²) in [5, 5.41) is 9.10. The van der Waals surface area contributed by atoms with Gasteiger partial charge in [-0.25, -0.2) is 4.79 Å². The lowest BCUT2D eigenvalue weighted by atomic mass is 10.1. The quantitative estimate of drug-likeness (QED) is 0.778. The van der Waals surface area contributed by atoms with Gasteiger partial charge in [-0.3, -0.25) is 9.54 Å². The SMILES string of the molecule is O=C(O)c1cnc2c(S(=O)(=O)O)cccc2c1. The minimum atomic E-state index is -4.37. The highest BCUT2D eigenvalue weighted by Crippen LogP contribution is 2.21. The summed E-state index contributed by atoms with van der Waals surface area (Å²) in [6, 6.07) is 5.41. The lowest BCUT2D eigenvalue weighted by molar-refractivity contribution is 0.0696. The molecule has 0 spiro atoms. The van der Waals surface area contributed by atoms with Gasteiger partial charge in [0, 0.05) is 11.6 Å². The first-order chi connectivity index (χ1) is 7.89. The van der Waals surface area contributed by atoms with Gasteiger partial charge in [-0.05, 0) is 12.1 Å². The van der Waals surface area contributed by atoms with Crippen molar-refractivity contribution in [3.63, 3.8) is 0 Å². The number of aromatic nitrogens is 1. The second kappa shape index (κ2) is 3.79. The molecule has 2 N–H and O–H groups in total. The molecule has 17 heavy (non-hydrogen) atoms. The summed E-state index contributed by atoms with van der Waals surface area (Å²) >= 11 is 0. The summed E-state index contributed by atoms with van der Waals surface area (Å²) in [5.41, 5.74) is -0.00927. The first-order valence-electron chi connectivity index (χ1n) is 4.49. The summed E-state index contributed by atoms with van der Waals surface area (Å²) < 4.78 is 31.1. The van der Waals surface area contributed by atoms with E-state index in [0.717, 1.165) is 6.20 Å². The van der Waals surface area contributed by atoms with Gasteiger partial charge in [0.15, 0.2) is 0 Å². The molecule has 1 aromatic heterocycles. The minimum Gasteiger partial charge on any atom is -0.478 e. The molecule has 1 heterocycles. The molecule has 0 radical (unpaired) electrons. The Morgan fingerprint density at radius 3 is 2.59 bits per heavy atom. The molecule has 0 saturated heterocycles. The van der Waals surface area contributed by atoms with Gasteiger partial charge in [0.1, 0.15) is 4.90 Å². The molecule has 0 aliphatic carbocycles. The summed E-state index contributed by atoms with van der Waals surface area (Å²) in [4.78, 5) is 14.1. The predicted molar refractivity (Wildman–Crippen MR) is 58.5 cm³/mol. The largest absolute Gasteiger partial charge is 0.478 e. The highest BCUT2D eigenvalue weighted by atomic mass is 32.2. The van der Waals surface area contributed by atoms with Crippen molar-refractivity contribution in [2.45, 2.75) is 4.90 Å². The van der Waals surface area contributed by atoms with Gasteiger partial charge in [-0.1, -0.05) is 12.1 Å². The van der Waals surface area contributed by atoms with Crippen LogP contribution < -0.4 is 0 Å². The van der Waals surface area contributed by atoms with Crippen LogP contribution in [-0.2, 0) is 10.1 Å². The van der Waals surface area contributed by atoms with Gasteiger partial charge in [-0.15, -0.1) is 0 Å². The summed E-state index contributed by atoms with van der Waals surface area (Å²) in [6.07, 6.45) is 1.04. The summed E-state index contributed by atoms with van der Waals surface area (Å²) in [5.74, 6) is -1.16. The minimum absolute atomic E-state index is 0.0417. The van der Waals surface area contributed by atoms with Crippen molar-refractivity contribution in [3.05, 3.63) is 36.0 Å². The molecule has 0 aliphatic rings. The lowest BCUT2D eigenvalue weighted by Gasteiger charge is -2.03. The Morgan fingerprint density at radius 2 is 2.00 bits per heavy atom. The van der Waals surface area contributed by atoms with E-state index in [1.165, 1.54) is 24.3 Å². The van der Waals surface area contributed by atoms with Crippen LogP contribution in [0.2, 0.25) is 0 Å². The van der Waals surface area contributed by atoms with E-state index in [1.54, 1.807) is 0 Å². The van der Waals surface area contributed by atoms with Crippen LogP contribution >= 0.6 is 0 Å². The third-order valence-electron chi connectivity index (χ3n) is 2.20. The zero-order chi connectivity index (χ0) is 12.6. The first-order valence-corrected chi connectivity index (χ1v) is 5.93. The molecular weight excluding hydrogens is 246 g/mol. The second-order valence-corrected chi connectivity index (χ2v) is 4.72. The number of pyridine rings is 1. The molecule has 0 aliphatic heterocycles. The maximum atomic E-state index is 11.1. The van der Waals surface area contributed by atoms with E-state index in [9.17, 15) is 13.2 Å². The van der Waals surface area contributed by atoms with E-state index in [1.807, 2.05) is 0 Å². The van der Waals surface area contributed by atoms with Gasteiger partial charge in [0.05, 0.1) is 11.1 Å². The number of carboxylic acid groups (broad SMARTS) is 1. The molecule has 0 fully saturated rings. The molecule has 1 aromatic carbocycles. The number of aromatic carboxylic acids is 1. The fourth-order valence-electron chi connectivity index (χ4n) is 1.46. The predicted octanol–water partition coefficient (Wildman–Crippen LogP) is 1.18. The number of carbonyl (C=O) groups is 1. The average Bonchev–Trinajstić information content (AvgIpc) is 2.26. The van der Waals surface area contributed by atoms with Crippen LogP contribution in [0.4, 0.5) is 0 Å². The van der Waals surface area contributed by atoms with Crippen molar-refractivity contribution in [2.75, 3.05) is 0 Å². The fourth-order valence-corrected chi connectivity index (χ4v) is 2.12. The number of nitrogens with zero attached hydrogens (tertiary/aromatic N) is 1. The normalized spacial score (nSPS) is 11.6. The van der Waals surface area contributed by atoms with Gasteiger partial charge in [0.2, 0.25) is 0 Å². The van der Waals surface area contributed by atoms with Crippen molar-refractivity contribution >= 4 is 27.0 Å². The highest BCUT2D eigenvalue weighted by Gasteiger charge is 2.15. The molecule has 6 nitrogen and oxygen atoms in total. The Labute approximate surface area is 96.3 Å². The summed E-state index contributed by atoms with van der Waals surface area (Å²) in [7, 11) is -4.37. The van der Waals surface area contributed by atoms with Crippen LogP contribution in [0.1, 0.15) is 10.4 Å². The molecule has 0 saturated carbocycles. The molecule has 2 rings (SSSR count). The topological polar surface area (TPSA) is 105 Å². The Kier molecular flexibility index (Phi) is 2.56. The number of hydrogen-bond donors (Lipinski definition) is 2. The van der Waals surface area contributed by atoms with Crippen LogP contribution in [-0.4, -0.2) is 29.0 Å². The highest BCUT2D eigenvalue weighted by molar-refractivity contribution is 7.86. The fraction of sp³-hybridized carbons (Fsp3) is 0. The lowest BCUT2D eigenvalue weighted by Crippen LogP contribution is -2.02. The Bertz CT molecular complexity index is 708. The average molecular weight is 253 g/mol. The van der Waals surface area contributed by atoms with Crippen molar-refractivity contribution < 1.29 is 22.9 Å². The van der Waals surface area contributed by atoms with Crippen molar-refractivity contribution in [1.29, 1.82) is 0 Å². The van der Waals surface area contributed by atoms with E-state index < -0.39 is 16.1 Å². The molecular formula is C10H7NO5S. The molecule has 2 aromatic rings. The van der Waals surface area contributed by atoms with Gasteiger partial charge in [-0.2, -0.15) is 8.42 Å². The van der Waals surface area contributed by atoms with Crippen LogP contribution in [0.3, 0.4) is 0 Å². The van der Waals surface area contributed by atoms with Crippen LogP contribution in [0.15, 0.2) is 35.4 Å². The molecule has 88 valence electrons. The molecule has 7 heteroatoms. The van der Waals surface area contributed by atoms with Gasteiger partial charge in [0.25, 0.3) is 10.1 Å². The Balaban J connectivity index is 2.81. The third kappa shape index (κ3) is 2.10. The smallest absolute Gasteiger partial charge is 0.337 e. The number of benzene rings is 1. The van der Waals surface area contributed by atoms with Crippen molar-refractivity contribution in [1.82, 2.24) is 4.98 Å². The standard InChI is InChI=1S/C10H7NO5S/c12-10(13)7-4-6-2-1-3-8(17(14,15)16)9(6)11-5-7/h1-5H,(H,12,13)(H,14,15,16). The van der Waals surface area contributed by atoms with Crippen LogP contribution in [0.25, 0.3) is 10.9 Å². The van der Waals surface area contributed by atoms with Gasteiger partial charge < -0.3 is 5.11 Å². The maximum absolute atomic E-state index is 11.1. The monoisotopic (exact) mass is 253 g/mol. The summed E-state index contributed by atoms with van der Waals surface area (Å²) in [6.45, 7) is 0.